The molecule has 106 valence electrons. The lowest BCUT2D eigenvalue weighted by atomic mass is 10.0. The average Bonchev–Trinajstić information content (AvgIpc) is 2.53. The van der Waals surface area contributed by atoms with E-state index in [1.807, 2.05) is 24.3 Å². The van der Waals surface area contributed by atoms with Crippen molar-refractivity contribution in [3.63, 3.8) is 0 Å². The van der Waals surface area contributed by atoms with E-state index >= 15 is 0 Å². The molecular formula is C16H20N2O2. The number of benzene rings is 1. The van der Waals surface area contributed by atoms with Crippen LogP contribution in [0.25, 0.3) is 0 Å². The van der Waals surface area contributed by atoms with Crippen LogP contribution >= 0.6 is 0 Å². The third kappa shape index (κ3) is 3.41. The number of hydrogen-bond donors (Lipinski definition) is 1. The van der Waals surface area contributed by atoms with Gasteiger partial charge in [0.25, 0.3) is 0 Å². The standard InChI is InChI=1S/C16H20N2O2/c1-4-15(12-5-8-14(19-2)9-6-12)18-13-7-10-16(20-3)17-11-13/h5-11,15,18H,4H2,1-3H3. The minimum atomic E-state index is 0.246. The maximum absolute atomic E-state index is 5.18. The molecule has 0 aliphatic carbocycles. The number of pyridine rings is 1. The van der Waals surface area contributed by atoms with Crippen LogP contribution < -0.4 is 14.8 Å². The third-order valence-corrected chi connectivity index (χ3v) is 3.21. The van der Waals surface area contributed by atoms with Crippen LogP contribution in [0.2, 0.25) is 0 Å². The number of hydrogen-bond acceptors (Lipinski definition) is 4. The highest BCUT2D eigenvalue weighted by molar-refractivity contribution is 5.45. The fourth-order valence-electron chi connectivity index (χ4n) is 2.04. The first-order chi connectivity index (χ1) is 9.76. The van der Waals surface area contributed by atoms with E-state index in [1.165, 1.54) is 5.56 Å². The van der Waals surface area contributed by atoms with Crippen LogP contribution in [0.1, 0.15) is 24.9 Å². The third-order valence-electron chi connectivity index (χ3n) is 3.21. The fourth-order valence-corrected chi connectivity index (χ4v) is 2.04. The molecule has 20 heavy (non-hydrogen) atoms. The van der Waals surface area contributed by atoms with Gasteiger partial charge in [-0.05, 0) is 30.2 Å². The van der Waals surface area contributed by atoms with E-state index in [0.29, 0.717) is 5.88 Å². The molecule has 0 spiro atoms. The lowest BCUT2D eigenvalue weighted by Gasteiger charge is -2.19. The van der Waals surface area contributed by atoms with E-state index in [4.69, 9.17) is 9.47 Å². The number of nitrogens with one attached hydrogen (secondary N) is 1. The zero-order chi connectivity index (χ0) is 14.4. The summed E-state index contributed by atoms with van der Waals surface area (Å²) in [6.07, 6.45) is 2.77. The largest absolute Gasteiger partial charge is 0.497 e. The van der Waals surface area contributed by atoms with Crippen molar-refractivity contribution in [2.24, 2.45) is 0 Å². The first-order valence-electron chi connectivity index (χ1n) is 6.67. The van der Waals surface area contributed by atoms with Crippen molar-refractivity contribution in [1.82, 2.24) is 4.98 Å². The Morgan fingerprint density at radius 1 is 1.05 bits per heavy atom. The second-order valence-corrected chi connectivity index (χ2v) is 4.47. The summed E-state index contributed by atoms with van der Waals surface area (Å²) in [4.78, 5) is 4.20. The van der Waals surface area contributed by atoms with Crippen molar-refractivity contribution in [3.8, 4) is 11.6 Å². The van der Waals surface area contributed by atoms with Crippen LogP contribution in [-0.4, -0.2) is 19.2 Å². The molecule has 1 atom stereocenters. The molecule has 0 bridgehead atoms. The van der Waals surface area contributed by atoms with E-state index in [0.717, 1.165) is 17.9 Å². The van der Waals surface area contributed by atoms with Gasteiger partial charge >= 0.3 is 0 Å². The second kappa shape index (κ2) is 6.80. The molecule has 0 aliphatic rings. The molecule has 1 unspecified atom stereocenters. The predicted octanol–water partition coefficient (Wildman–Crippen LogP) is 3.66. The summed E-state index contributed by atoms with van der Waals surface area (Å²) >= 11 is 0. The maximum atomic E-state index is 5.18. The molecule has 1 aromatic heterocycles. The average molecular weight is 272 g/mol. The van der Waals surface area contributed by atoms with Crippen LogP contribution in [0.5, 0.6) is 11.6 Å². The smallest absolute Gasteiger partial charge is 0.213 e. The normalized spacial score (nSPS) is 11.8. The molecule has 0 aliphatic heterocycles. The van der Waals surface area contributed by atoms with Gasteiger partial charge in [0.05, 0.1) is 32.1 Å². The second-order valence-electron chi connectivity index (χ2n) is 4.47. The molecule has 0 radical (unpaired) electrons. The van der Waals surface area contributed by atoms with Gasteiger partial charge in [-0.1, -0.05) is 19.1 Å². The van der Waals surface area contributed by atoms with Gasteiger partial charge in [-0.3, -0.25) is 0 Å². The molecule has 0 fully saturated rings. The van der Waals surface area contributed by atoms with E-state index < -0.39 is 0 Å². The zero-order valence-electron chi connectivity index (χ0n) is 12.1. The number of ether oxygens (including phenoxy) is 2. The monoisotopic (exact) mass is 272 g/mol. The van der Waals surface area contributed by atoms with Gasteiger partial charge < -0.3 is 14.8 Å². The summed E-state index contributed by atoms with van der Waals surface area (Å²) in [5.41, 5.74) is 2.21. The van der Waals surface area contributed by atoms with Crippen LogP contribution in [0.15, 0.2) is 42.6 Å². The Bertz CT molecular complexity index is 523. The summed E-state index contributed by atoms with van der Waals surface area (Å²) in [6, 6.07) is 12.2. The molecular weight excluding hydrogens is 252 g/mol. The van der Waals surface area contributed by atoms with Gasteiger partial charge in [-0.25, -0.2) is 4.98 Å². The van der Waals surface area contributed by atoms with Crippen LogP contribution in [0, 0.1) is 0 Å². The van der Waals surface area contributed by atoms with Crippen molar-refractivity contribution < 1.29 is 9.47 Å². The maximum Gasteiger partial charge on any atom is 0.213 e. The van der Waals surface area contributed by atoms with Gasteiger partial charge in [-0.2, -0.15) is 0 Å². The van der Waals surface area contributed by atoms with E-state index in [2.05, 4.69) is 29.4 Å². The Morgan fingerprint density at radius 2 is 1.80 bits per heavy atom. The van der Waals surface area contributed by atoms with Crippen molar-refractivity contribution in [3.05, 3.63) is 48.2 Å². The summed E-state index contributed by atoms with van der Waals surface area (Å²) in [7, 11) is 3.29. The number of anilines is 1. The predicted molar refractivity (Wildman–Crippen MR) is 80.4 cm³/mol. The van der Waals surface area contributed by atoms with Gasteiger partial charge in [-0.15, -0.1) is 0 Å². The lowest BCUT2D eigenvalue weighted by Crippen LogP contribution is -2.09. The summed E-state index contributed by atoms with van der Waals surface area (Å²) in [6.45, 7) is 2.15. The minimum absolute atomic E-state index is 0.246. The zero-order valence-corrected chi connectivity index (χ0v) is 12.1. The van der Waals surface area contributed by atoms with Gasteiger partial charge in [0, 0.05) is 6.07 Å². The highest BCUT2D eigenvalue weighted by Gasteiger charge is 2.09. The van der Waals surface area contributed by atoms with Crippen LogP contribution in [0.4, 0.5) is 5.69 Å². The van der Waals surface area contributed by atoms with E-state index in [1.54, 1.807) is 20.4 Å². The van der Waals surface area contributed by atoms with Crippen LogP contribution in [0.3, 0.4) is 0 Å². The molecule has 2 aromatic rings. The molecule has 0 saturated carbocycles. The SMILES string of the molecule is CCC(Nc1ccc(OC)nc1)c1ccc(OC)cc1. The molecule has 1 aromatic carbocycles. The van der Waals surface area contributed by atoms with Crippen molar-refractivity contribution >= 4 is 5.69 Å². The Hall–Kier alpha value is -2.23. The number of methoxy groups -OCH3 is 2. The number of rotatable bonds is 6. The Morgan fingerprint density at radius 3 is 2.30 bits per heavy atom. The molecule has 2 rings (SSSR count). The van der Waals surface area contributed by atoms with Gasteiger partial charge in [0.15, 0.2) is 0 Å². The summed E-state index contributed by atoms with van der Waals surface area (Å²) in [5, 5.41) is 3.47. The highest BCUT2D eigenvalue weighted by Crippen LogP contribution is 2.24. The van der Waals surface area contributed by atoms with Gasteiger partial charge in [0.2, 0.25) is 5.88 Å². The molecule has 4 heteroatoms. The molecule has 4 nitrogen and oxygen atoms in total. The van der Waals surface area contributed by atoms with Crippen molar-refractivity contribution in [2.45, 2.75) is 19.4 Å². The van der Waals surface area contributed by atoms with E-state index in [9.17, 15) is 0 Å². The molecule has 0 saturated heterocycles. The summed E-state index contributed by atoms with van der Waals surface area (Å²) in [5.74, 6) is 1.49. The quantitative estimate of drug-likeness (QED) is 0.871. The Kier molecular flexibility index (Phi) is 4.82. The lowest BCUT2D eigenvalue weighted by molar-refractivity contribution is 0.398. The van der Waals surface area contributed by atoms with Gasteiger partial charge in [0.1, 0.15) is 5.75 Å². The minimum Gasteiger partial charge on any atom is -0.497 e. The van der Waals surface area contributed by atoms with Crippen LogP contribution in [-0.2, 0) is 0 Å². The van der Waals surface area contributed by atoms with Crippen molar-refractivity contribution in [2.75, 3.05) is 19.5 Å². The molecule has 0 amide bonds. The number of nitrogens with zero attached hydrogens (tertiary/aromatic N) is 1. The first-order valence-corrected chi connectivity index (χ1v) is 6.67. The molecule has 1 heterocycles. The first kappa shape index (κ1) is 14.2. The molecule has 1 N–H and O–H groups in total. The Balaban J connectivity index is 2.10. The Labute approximate surface area is 119 Å². The summed E-state index contributed by atoms with van der Waals surface area (Å²) < 4.78 is 10.2. The topological polar surface area (TPSA) is 43.4 Å². The number of aromatic nitrogens is 1. The van der Waals surface area contributed by atoms with Crippen molar-refractivity contribution in [1.29, 1.82) is 0 Å². The highest BCUT2D eigenvalue weighted by atomic mass is 16.5. The van der Waals surface area contributed by atoms with E-state index in [-0.39, 0.29) is 6.04 Å². The fraction of sp³-hybridized carbons (Fsp3) is 0.312.